The number of hydrogen-bond donors (Lipinski definition) is 1. The molecule has 0 radical (unpaired) electrons. The van der Waals surface area contributed by atoms with Crippen LogP contribution in [-0.4, -0.2) is 44.3 Å². The fourth-order valence-corrected chi connectivity index (χ4v) is 6.71. The lowest BCUT2D eigenvalue weighted by atomic mass is 10.0. The van der Waals surface area contributed by atoms with Gasteiger partial charge < -0.3 is 10.2 Å². The molecule has 7 nitrogen and oxygen atoms in total. The zero-order chi connectivity index (χ0) is 31.5. The van der Waals surface area contributed by atoms with Crippen LogP contribution in [0.5, 0.6) is 0 Å². The van der Waals surface area contributed by atoms with Crippen molar-refractivity contribution < 1.29 is 18.0 Å². The zero-order valence-electron chi connectivity index (χ0n) is 24.4. The van der Waals surface area contributed by atoms with Crippen LogP contribution in [0.25, 0.3) is 0 Å². The second kappa shape index (κ2) is 15.7. The number of benzene rings is 4. The van der Waals surface area contributed by atoms with E-state index in [0.29, 0.717) is 27.8 Å². The van der Waals surface area contributed by atoms with Gasteiger partial charge in [0.15, 0.2) is 0 Å². The molecular formula is C34H35Cl2N3O4S. The lowest BCUT2D eigenvalue weighted by Crippen LogP contribution is -2.53. The molecule has 0 saturated heterocycles. The van der Waals surface area contributed by atoms with E-state index in [-0.39, 0.29) is 23.8 Å². The second-order valence-corrected chi connectivity index (χ2v) is 12.9. The molecule has 0 aliphatic carbocycles. The molecule has 10 heteroatoms. The van der Waals surface area contributed by atoms with E-state index in [9.17, 15) is 18.0 Å². The fourth-order valence-electron chi connectivity index (χ4n) is 4.76. The zero-order valence-corrected chi connectivity index (χ0v) is 26.7. The molecule has 0 aliphatic heterocycles. The average Bonchev–Trinajstić information content (AvgIpc) is 3.04. The van der Waals surface area contributed by atoms with Gasteiger partial charge in [-0.3, -0.25) is 13.9 Å². The largest absolute Gasteiger partial charge is 0.354 e. The van der Waals surface area contributed by atoms with Crippen LogP contribution in [0.2, 0.25) is 10.0 Å². The number of halogens is 2. The molecule has 1 N–H and O–H groups in total. The Morgan fingerprint density at radius 1 is 0.795 bits per heavy atom. The maximum atomic E-state index is 14.5. The number of nitrogens with zero attached hydrogens (tertiary/aromatic N) is 2. The maximum absolute atomic E-state index is 14.5. The van der Waals surface area contributed by atoms with Crippen LogP contribution >= 0.6 is 23.2 Å². The monoisotopic (exact) mass is 651 g/mol. The van der Waals surface area contributed by atoms with Crippen molar-refractivity contribution in [2.45, 2.75) is 43.7 Å². The Labute approximate surface area is 269 Å². The molecule has 1 unspecified atom stereocenters. The molecule has 2 amide bonds. The number of carbonyl (C=O) groups excluding carboxylic acids is 2. The molecule has 4 aromatic rings. The first-order valence-corrected chi connectivity index (χ1v) is 16.6. The van der Waals surface area contributed by atoms with E-state index in [1.807, 2.05) is 37.3 Å². The first kappa shape index (κ1) is 33.1. The molecule has 0 bridgehead atoms. The number of hydrogen-bond acceptors (Lipinski definition) is 4. The minimum Gasteiger partial charge on any atom is -0.354 e. The van der Waals surface area contributed by atoms with Crippen molar-refractivity contribution in [3.8, 4) is 0 Å². The molecule has 0 aromatic heterocycles. The summed E-state index contributed by atoms with van der Waals surface area (Å²) >= 11 is 13.1. The summed E-state index contributed by atoms with van der Waals surface area (Å²) in [5.41, 5.74) is 1.61. The SMILES string of the molecule is CCCCNC(=O)C(Cc1ccccc1)N(Cc1c(Cl)cccc1Cl)C(=O)CN(c1ccccc1)S(=O)(=O)c1ccccc1. The molecule has 230 valence electrons. The number of amides is 2. The van der Waals surface area contributed by atoms with Crippen LogP contribution in [-0.2, 0) is 32.6 Å². The molecule has 4 rings (SSSR count). The van der Waals surface area contributed by atoms with Gasteiger partial charge in [0.2, 0.25) is 11.8 Å². The number of nitrogens with one attached hydrogen (secondary N) is 1. The number of sulfonamides is 1. The number of para-hydroxylation sites is 1. The van der Waals surface area contributed by atoms with Gasteiger partial charge in [0.1, 0.15) is 12.6 Å². The van der Waals surface area contributed by atoms with Crippen molar-refractivity contribution in [1.82, 2.24) is 10.2 Å². The van der Waals surface area contributed by atoms with Crippen LogP contribution < -0.4 is 9.62 Å². The van der Waals surface area contributed by atoms with E-state index in [4.69, 9.17) is 23.2 Å². The van der Waals surface area contributed by atoms with Gasteiger partial charge in [-0.25, -0.2) is 8.42 Å². The quantitative estimate of drug-likeness (QED) is 0.153. The van der Waals surface area contributed by atoms with Gasteiger partial charge in [-0.1, -0.05) is 109 Å². The average molecular weight is 653 g/mol. The maximum Gasteiger partial charge on any atom is 0.264 e. The summed E-state index contributed by atoms with van der Waals surface area (Å²) in [5.74, 6) is -0.938. The normalized spacial score (nSPS) is 11.9. The number of rotatable bonds is 14. The highest BCUT2D eigenvalue weighted by Crippen LogP contribution is 2.29. The van der Waals surface area contributed by atoms with E-state index in [1.165, 1.54) is 17.0 Å². The number of anilines is 1. The van der Waals surface area contributed by atoms with Crippen molar-refractivity contribution in [1.29, 1.82) is 0 Å². The van der Waals surface area contributed by atoms with E-state index >= 15 is 0 Å². The van der Waals surface area contributed by atoms with E-state index in [0.717, 1.165) is 22.7 Å². The number of unbranched alkanes of at least 4 members (excludes halogenated alkanes) is 1. The minimum atomic E-state index is -4.16. The standard InChI is InChI=1S/C34H35Cl2N3O4S/c1-2-3-22-37-34(41)32(23-26-14-7-4-8-15-26)38(24-29-30(35)20-13-21-31(29)36)33(40)25-39(27-16-9-5-10-17-27)44(42,43)28-18-11-6-12-19-28/h4-21,32H,2-3,22-25H2,1H3,(H,37,41). The highest BCUT2D eigenvalue weighted by atomic mass is 35.5. The Morgan fingerprint density at radius 3 is 1.95 bits per heavy atom. The van der Waals surface area contributed by atoms with Crippen molar-refractivity contribution in [3.63, 3.8) is 0 Å². The Morgan fingerprint density at radius 2 is 1.36 bits per heavy atom. The van der Waals surface area contributed by atoms with Crippen molar-refractivity contribution >= 4 is 50.7 Å². The Balaban J connectivity index is 1.80. The molecule has 0 spiro atoms. The Kier molecular flexibility index (Phi) is 11.8. The third-order valence-corrected chi connectivity index (χ3v) is 9.64. The molecule has 0 aliphatic rings. The minimum absolute atomic E-state index is 0.0375. The predicted molar refractivity (Wildman–Crippen MR) is 176 cm³/mol. The molecule has 44 heavy (non-hydrogen) atoms. The van der Waals surface area contributed by atoms with E-state index < -0.39 is 28.5 Å². The number of carbonyl (C=O) groups is 2. The van der Waals surface area contributed by atoms with Crippen LogP contribution in [0.3, 0.4) is 0 Å². The lowest BCUT2D eigenvalue weighted by molar-refractivity contribution is -0.140. The third kappa shape index (κ3) is 8.40. The van der Waals surface area contributed by atoms with E-state index in [1.54, 1.807) is 66.7 Å². The first-order chi connectivity index (χ1) is 21.2. The summed E-state index contributed by atoms with van der Waals surface area (Å²) in [5, 5.41) is 3.63. The van der Waals surface area contributed by atoms with Gasteiger partial charge in [-0.2, -0.15) is 0 Å². The summed E-state index contributed by atoms with van der Waals surface area (Å²) in [6.07, 6.45) is 1.85. The summed E-state index contributed by atoms with van der Waals surface area (Å²) in [7, 11) is -4.16. The van der Waals surface area contributed by atoms with Crippen molar-refractivity contribution in [2.75, 3.05) is 17.4 Å². The molecule has 4 aromatic carbocycles. The van der Waals surface area contributed by atoms with Gasteiger partial charge in [-0.05, 0) is 48.4 Å². The summed E-state index contributed by atoms with van der Waals surface area (Å²) < 4.78 is 29.0. The Hall–Kier alpha value is -3.85. The topological polar surface area (TPSA) is 86.8 Å². The van der Waals surface area contributed by atoms with Gasteiger partial charge >= 0.3 is 0 Å². The molecular weight excluding hydrogens is 617 g/mol. The summed E-state index contributed by atoms with van der Waals surface area (Å²) in [4.78, 5) is 29.7. The molecule has 0 fully saturated rings. The summed E-state index contributed by atoms with van der Waals surface area (Å²) in [6, 6.07) is 29.8. The molecule has 1 atom stereocenters. The predicted octanol–water partition coefficient (Wildman–Crippen LogP) is 6.75. The van der Waals surface area contributed by atoms with Gasteiger partial charge in [0.25, 0.3) is 10.0 Å². The smallest absolute Gasteiger partial charge is 0.264 e. The van der Waals surface area contributed by atoms with Crippen molar-refractivity contribution in [2.24, 2.45) is 0 Å². The first-order valence-electron chi connectivity index (χ1n) is 14.4. The highest BCUT2D eigenvalue weighted by molar-refractivity contribution is 7.92. The van der Waals surface area contributed by atoms with Crippen molar-refractivity contribution in [3.05, 3.63) is 130 Å². The Bertz CT molecular complexity index is 1620. The molecule has 0 saturated carbocycles. The van der Waals surface area contributed by atoms with Gasteiger partial charge in [0, 0.05) is 35.1 Å². The van der Waals surface area contributed by atoms with Gasteiger partial charge in [0.05, 0.1) is 10.6 Å². The summed E-state index contributed by atoms with van der Waals surface area (Å²) in [6.45, 7) is 1.79. The lowest BCUT2D eigenvalue weighted by Gasteiger charge is -2.34. The fraction of sp³-hybridized carbons (Fsp3) is 0.235. The highest BCUT2D eigenvalue weighted by Gasteiger charge is 2.35. The molecule has 0 heterocycles. The van der Waals surface area contributed by atoms with Crippen LogP contribution in [0, 0.1) is 0 Å². The van der Waals surface area contributed by atoms with Gasteiger partial charge in [-0.15, -0.1) is 0 Å². The van der Waals surface area contributed by atoms with Crippen LogP contribution in [0.1, 0.15) is 30.9 Å². The van der Waals surface area contributed by atoms with Crippen LogP contribution in [0.4, 0.5) is 5.69 Å². The van der Waals surface area contributed by atoms with Crippen LogP contribution in [0.15, 0.2) is 114 Å². The third-order valence-electron chi connectivity index (χ3n) is 7.15. The van der Waals surface area contributed by atoms with E-state index in [2.05, 4.69) is 5.32 Å². The second-order valence-electron chi connectivity index (χ2n) is 10.2.